The molecular formula is C13H27AlO5. The molecule has 0 aromatic heterocycles. The van der Waals surface area contributed by atoms with Crippen molar-refractivity contribution in [2.45, 2.75) is 58.7 Å². The first kappa shape index (κ1) is 20.9. The van der Waals surface area contributed by atoms with Gasteiger partial charge in [-0.05, 0) is 19.8 Å². The molecule has 19 heavy (non-hydrogen) atoms. The van der Waals surface area contributed by atoms with Gasteiger partial charge in [0.15, 0.2) is 0 Å². The van der Waals surface area contributed by atoms with E-state index < -0.39 is 20.8 Å². The van der Waals surface area contributed by atoms with Gasteiger partial charge in [-0.1, -0.05) is 32.5 Å². The van der Waals surface area contributed by atoms with Crippen LogP contribution in [0, 0.1) is 0 Å². The van der Waals surface area contributed by atoms with Crippen LogP contribution >= 0.6 is 0 Å². The molecule has 1 N–H and O–H groups in total. The first-order valence-electron chi connectivity index (χ1n) is 6.88. The van der Waals surface area contributed by atoms with Crippen LogP contribution in [-0.2, 0) is 17.2 Å². The van der Waals surface area contributed by atoms with Crippen LogP contribution in [0.4, 0.5) is 0 Å². The fraction of sp³-hybridized carbons (Fsp3) is 0.846. The molecule has 112 valence electrons. The molecule has 5 nitrogen and oxygen atoms in total. The molecule has 0 fully saturated rings. The van der Waals surface area contributed by atoms with Gasteiger partial charge in [0.2, 0.25) is 0 Å². The molecule has 0 radical (unpaired) electrons. The van der Waals surface area contributed by atoms with E-state index >= 15 is 0 Å². The summed E-state index contributed by atoms with van der Waals surface area (Å²) in [7, 11) is 0. The summed E-state index contributed by atoms with van der Waals surface area (Å²) in [4.78, 5) is 19.5. The minimum Gasteiger partial charge on any atom is -0.481 e. The number of unbranched alkanes of at least 4 members (excludes halogenated alkanes) is 2. The van der Waals surface area contributed by atoms with Crippen LogP contribution in [0.1, 0.15) is 52.9 Å². The van der Waals surface area contributed by atoms with Gasteiger partial charge < -0.3 is 12.7 Å². The predicted molar refractivity (Wildman–Crippen MR) is 76.3 cm³/mol. The van der Waals surface area contributed by atoms with Crippen molar-refractivity contribution in [1.82, 2.24) is 0 Å². The van der Waals surface area contributed by atoms with E-state index in [1.54, 1.807) is 0 Å². The lowest BCUT2D eigenvalue weighted by Gasteiger charge is -2.08. The SMILES string of the molecule is CC(=O)CC(=O)O.CCCC[O][Al]([CH3])[O]CCCC. The molecule has 0 heterocycles. The van der Waals surface area contributed by atoms with E-state index in [4.69, 9.17) is 12.7 Å². The summed E-state index contributed by atoms with van der Waals surface area (Å²) in [6.45, 7) is 7.36. The molecule has 0 bridgehead atoms. The normalized spacial score (nSPS) is 9.47. The first-order chi connectivity index (χ1) is 8.93. The molecular weight excluding hydrogens is 263 g/mol. The zero-order chi connectivity index (χ0) is 15.1. The Morgan fingerprint density at radius 1 is 1.05 bits per heavy atom. The van der Waals surface area contributed by atoms with E-state index in [0.717, 1.165) is 26.1 Å². The molecule has 0 aromatic rings. The number of ketones is 1. The van der Waals surface area contributed by atoms with Crippen LogP contribution < -0.4 is 0 Å². The second-order valence-electron chi connectivity index (χ2n) is 4.29. The molecule has 6 heteroatoms. The van der Waals surface area contributed by atoms with Crippen molar-refractivity contribution in [2.24, 2.45) is 0 Å². The molecule has 0 spiro atoms. The standard InChI is InChI=1S/C4H6O3.2C4H9O.CH3.Al/c1-3(5)2-4(6)7;2*1-2-3-4-5;;/h2H2,1H3,(H,6,7);2*2-4H2,1H3;1H3;/q;2*-1;;+2. The van der Waals surface area contributed by atoms with Gasteiger partial charge >= 0.3 is 20.8 Å². The Kier molecular flexibility index (Phi) is 17.2. The van der Waals surface area contributed by atoms with E-state index in [2.05, 4.69) is 19.6 Å². The summed E-state index contributed by atoms with van der Waals surface area (Å²) in [6.07, 6.45) is 4.37. The highest BCUT2D eigenvalue weighted by Gasteiger charge is 2.15. The Bertz CT molecular complexity index is 211. The third kappa shape index (κ3) is 23.2. The maximum Gasteiger partial charge on any atom is 0.671 e. The number of carbonyl (C=O) groups excluding carboxylic acids is 1. The minimum atomic E-state index is -1.27. The third-order valence-electron chi connectivity index (χ3n) is 2.10. The Labute approximate surface area is 121 Å². The second-order valence-corrected chi connectivity index (χ2v) is 6.09. The molecule has 0 aliphatic rings. The van der Waals surface area contributed by atoms with Gasteiger partial charge in [0.25, 0.3) is 0 Å². The van der Waals surface area contributed by atoms with E-state index in [9.17, 15) is 9.59 Å². The summed E-state index contributed by atoms with van der Waals surface area (Å²) < 4.78 is 11.1. The first-order valence-corrected chi connectivity index (χ1v) is 8.98. The van der Waals surface area contributed by atoms with E-state index in [1.807, 2.05) is 0 Å². The smallest absolute Gasteiger partial charge is 0.481 e. The fourth-order valence-electron chi connectivity index (χ4n) is 1.05. The Morgan fingerprint density at radius 2 is 1.47 bits per heavy atom. The van der Waals surface area contributed by atoms with Gasteiger partial charge in [-0.2, -0.15) is 0 Å². The van der Waals surface area contributed by atoms with Crippen LogP contribution in [0.2, 0.25) is 5.79 Å². The lowest BCUT2D eigenvalue weighted by atomic mass is 10.3. The summed E-state index contributed by atoms with van der Waals surface area (Å²) in [5.41, 5.74) is 0. The number of carboxylic acid groups (broad SMARTS) is 1. The lowest BCUT2D eigenvalue weighted by Crippen LogP contribution is -2.19. The largest absolute Gasteiger partial charge is 0.671 e. The van der Waals surface area contributed by atoms with Crippen molar-refractivity contribution in [1.29, 1.82) is 0 Å². The van der Waals surface area contributed by atoms with E-state index in [0.29, 0.717) is 0 Å². The van der Waals surface area contributed by atoms with Crippen molar-refractivity contribution >= 4 is 26.6 Å². The van der Waals surface area contributed by atoms with Crippen LogP contribution in [0.5, 0.6) is 0 Å². The number of carboxylic acids is 1. The number of hydrogen-bond acceptors (Lipinski definition) is 4. The Hall–Kier alpha value is -0.408. The van der Waals surface area contributed by atoms with Crippen molar-refractivity contribution in [3.63, 3.8) is 0 Å². The van der Waals surface area contributed by atoms with E-state index in [-0.39, 0.29) is 12.2 Å². The second kappa shape index (κ2) is 15.6. The van der Waals surface area contributed by atoms with Gasteiger partial charge in [0, 0.05) is 13.2 Å². The van der Waals surface area contributed by atoms with Crippen LogP contribution in [0.3, 0.4) is 0 Å². The maximum absolute atomic E-state index is 9.87. The van der Waals surface area contributed by atoms with Gasteiger partial charge in [-0.15, -0.1) is 0 Å². The number of aliphatic carboxylic acids is 1. The van der Waals surface area contributed by atoms with Gasteiger partial charge in [0.05, 0.1) is 0 Å². The number of rotatable bonds is 10. The average Bonchev–Trinajstić information content (AvgIpc) is 2.28. The highest BCUT2D eigenvalue weighted by Crippen LogP contribution is 1.95. The fourth-order valence-corrected chi connectivity index (χ4v) is 2.14. The highest BCUT2D eigenvalue weighted by molar-refractivity contribution is 6.42. The van der Waals surface area contributed by atoms with Crippen molar-refractivity contribution in [3.8, 4) is 0 Å². The van der Waals surface area contributed by atoms with Gasteiger partial charge in [0.1, 0.15) is 12.2 Å². The molecule has 0 atom stereocenters. The van der Waals surface area contributed by atoms with Gasteiger partial charge in [-0.3, -0.25) is 9.59 Å². The topological polar surface area (TPSA) is 72.8 Å². The Morgan fingerprint density at radius 3 is 1.68 bits per heavy atom. The molecule has 0 aliphatic heterocycles. The third-order valence-corrected chi connectivity index (χ3v) is 3.51. The van der Waals surface area contributed by atoms with Gasteiger partial charge in [-0.25, -0.2) is 0 Å². The van der Waals surface area contributed by atoms with Crippen molar-refractivity contribution < 1.29 is 22.3 Å². The lowest BCUT2D eigenvalue weighted by molar-refractivity contribution is -0.139. The molecule has 0 unspecified atom stereocenters. The van der Waals surface area contributed by atoms with Crippen molar-refractivity contribution in [3.05, 3.63) is 0 Å². The molecule has 0 aliphatic carbocycles. The van der Waals surface area contributed by atoms with Crippen LogP contribution in [0.25, 0.3) is 0 Å². The average molecular weight is 290 g/mol. The summed E-state index contributed by atoms with van der Waals surface area (Å²) in [6, 6.07) is 0. The zero-order valence-electron chi connectivity index (χ0n) is 12.6. The number of carbonyl (C=O) groups is 2. The quantitative estimate of drug-likeness (QED) is 0.380. The predicted octanol–water partition coefficient (Wildman–Crippen LogP) is 2.79. The maximum atomic E-state index is 9.87. The van der Waals surface area contributed by atoms with Crippen LogP contribution in [-0.4, -0.2) is 44.9 Å². The molecule has 0 rings (SSSR count). The molecule has 0 saturated carbocycles. The number of hydrogen-bond donors (Lipinski definition) is 1. The highest BCUT2D eigenvalue weighted by atomic mass is 27.2. The summed E-state index contributed by atoms with van der Waals surface area (Å²) >= 11 is -1.27. The van der Waals surface area contributed by atoms with Crippen molar-refractivity contribution in [2.75, 3.05) is 13.2 Å². The molecule has 0 aromatic carbocycles. The zero-order valence-corrected chi connectivity index (χ0v) is 13.8. The molecule has 0 saturated heterocycles. The summed E-state index contributed by atoms with van der Waals surface area (Å²) in [5.74, 6) is 0.728. The monoisotopic (exact) mass is 290 g/mol. The van der Waals surface area contributed by atoms with E-state index in [1.165, 1.54) is 19.8 Å². The summed E-state index contributed by atoms with van der Waals surface area (Å²) in [5, 5.41) is 7.86. The van der Waals surface area contributed by atoms with Crippen LogP contribution in [0.15, 0.2) is 0 Å². The number of Topliss-reactive ketones (excluding diaryl/α,β-unsaturated/α-hetero) is 1. The molecule has 0 amide bonds. The minimum absolute atomic E-state index is 0.312. The Balaban J connectivity index is 0.